The zero-order valence-corrected chi connectivity index (χ0v) is 13.8. The van der Waals surface area contributed by atoms with Gasteiger partial charge in [-0.1, -0.05) is 15.9 Å². The normalized spacial score (nSPS) is 15.3. The number of anilines is 1. The molecule has 0 bridgehead atoms. The summed E-state index contributed by atoms with van der Waals surface area (Å²) in [6.45, 7) is 2.93. The first kappa shape index (κ1) is 14.6. The number of aromatic nitrogens is 3. The first-order valence-corrected chi connectivity index (χ1v) is 8.07. The second kappa shape index (κ2) is 5.90. The van der Waals surface area contributed by atoms with E-state index in [4.69, 9.17) is 4.74 Å². The van der Waals surface area contributed by atoms with Gasteiger partial charge < -0.3 is 9.64 Å². The number of morpholine rings is 1. The summed E-state index contributed by atoms with van der Waals surface area (Å²) in [5.41, 5.74) is 1.65. The van der Waals surface area contributed by atoms with E-state index < -0.39 is 0 Å². The lowest BCUT2D eigenvalue weighted by molar-refractivity contribution is 0.122. The van der Waals surface area contributed by atoms with Gasteiger partial charge in [0.2, 0.25) is 0 Å². The maximum absolute atomic E-state index is 14.2. The van der Waals surface area contributed by atoms with Crippen LogP contribution in [-0.4, -0.2) is 40.9 Å². The Labute approximate surface area is 140 Å². The fourth-order valence-electron chi connectivity index (χ4n) is 2.68. The fourth-order valence-corrected chi connectivity index (χ4v) is 3.02. The number of hydrogen-bond acceptors (Lipinski definition) is 4. The molecule has 117 valence electrons. The average molecular weight is 376 g/mol. The van der Waals surface area contributed by atoms with Gasteiger partial charge in [-0.3, -0.25) is 0 Å². The molecule has 0 saturated carbocycles. The van der Waals surface area contributed by atoms with E-state index in [-0.39, 0.29) is 5.82 Å². The van der Waals surface area contributed by atoms with Crippen LogP contribution in [0.1, 0.15) is 0 Å². The van der Waals surface area contributed by atoms with Crippen molar-refractivity contribution in [1.82, 2.24) is 14.6 Å². The molecule has 1 radical (unpaired) electrons. The Balaban J connectivity index is 1.81. The second-order valence-electron chi connectivity index (χ2n) is 5.27. The monoisotopic (exact) mass is 375 g/mol. The number of nitrogens with zero attached hydrogens (tertiary/aromatic N) is 4. The summed E-state index contributed by atoms with van der Waals surface area (Å²) < 4.78 is 22.0. The molecule has 0 spiro atoms. The first-order valence-electron chi connectivity index (χ1n) is 7.27. The summed E-state index contributed by atoms with van der Waals surface area (Å²) >= 11 is 3.27. The quantitative estimate of drug-likeness (QED) is 0.690. The second-order valence-corrected chi connectivity index (χ2v) is 6.18. The Morgan fingerprint density at radius 1 is 1.22 bits per heavy atom. The molecule has 5 nitrogen and oxygen atoms in total. The van der Waals surface area contributed by atoms with Gasteiger partial charge >= 0.3 is 0 Å². The van der Waals surface area contributed by atoms with Crippen LogP contribution >= 0.6 is 15.9 Å². The minimum Gasteiger partial charge on any atom is -0.378 e. The predicted octanol–water partition coefficient (Wildman–Crippen LogP) is 2.93. The molecule has 4 rings (SSSR count). The van der Waals surface area contributed by atoms with Crippen LogP contribution in [0, 0.1) is 12.0 Å². The standard InChI is InChI=1S/C16H13BrFN4O/c17-11-1-2-12(13(18)9-11)14-10-15-19-4-3-16(22(15)20-14)21-5-7-23-8-6-21/h1-3,9-10H,5-8H2. The van der Waals surface area contributed by atoms with Crippen molar-refractivity contribution in [3.8, 4) is 11.3 Å². The first-order chi connectivity index (χ1) is 11.2. The molecule has 1 aliphatic rings. The maximum Gasteiger partial charge on any atom is 0.158 e. The van der Waals surface area contributed by atoms with Gasteiger partial charge in [-0.2, -0.15) is 9.61 Å². The van der Waals surface area contributed by atoms with Crippen LogP contribution < -0.4 is 4.90 Å². The van der Waals surface area contributed by atoms with E-state index in [2.05, 4.69) is 37.1 Å². The lowest BCUT2D eigenvalue weighted by atomic mass is 10.1. The zero-order valence-electron chi connectivity index (χ0n) is 12.2. The molecule has 1 saturated heterocycles. The smallest absolute Gasteiger partial charge is 0.158 e. The molecule has 1 aliphatic heterocycles. The molecule has 3 heterocycles. The van der Waals surface area contributed by atoms with Crippen molar-refractivity contribution in [2.75, 3.05) is 31.2 Å². The zero-order chi connectivity index (χ0) is 15.8. The summed E-state index contributed by atoms with van der Waals surface area (Å²) in [6, 6.07) is 8.51. The molecular formula is C16H13BrFN4O. The Morgan fingerprint density at radius 2 is 2.04 bits per heavy atom. The van der Waals surface area contributed by atoms with E-state index in [1.807, 2.05) is 0 Å². The Morgan fingerprint density at radius 3 is 2.83 bits per heavy atom. The van der Waals surface area contributed by atoms with Crippen LogP contribution in [0.2, 0.25) is 0 Å². The Kier molecular flexibility index (Phi) is 3.74. The summed E-state index contributed by atoms with van der Waals surface area (Å²) in [7, 11) is 0. The SMILES string of the molecule is Fc1cc(Br)ccc1-c1cc2n[c]cc(N3CCOCC3)n2n1. The summed E-state index contributed by atoms with van der Waals surface area (Å²) in [4.78, 5) is 6.39. The van der Waals surface area contributed by atoms with Crippen molar-refractivity contribution in [2.24, 2.45) is 0 Å². The number of fused-ring (bicyclic) bond motifs is 1. The third kappa shape index (κ3) is 2.70. The van der Waals surface area contributed by atoms with Gasteiger partial charge in [-0.05, 0) is 18.2 Å². The van der Waals surface area contributed by atoms with Gasteiger partial charge in [0.15, 0.2) is 5.65 Å². The molecule has 0 aliphatic carbocycles. The number of ether oxygens (including phenoxy) is 1. The number of benzene rings is 1. The van der Waals surface area contributed by atoms with Crippen molar-refractivity contribution in [2.45, 2.75) is 0 Å². The minimum atomic E-state index is -0.320. The highest BCUT2D eigenvalue weighted by Gasteiger charge is 2.17. The van der Waals surface area contributed by atoms with E-state index in [9.17, 15) is 4.39 Å². The van der Waals surface area contributed by atoms with Crippen LogP contribution in [0.25, 0.3) is 16.9 Å². The highest BCUT2D eigenvalue weighted by atomic mass is 79.9. The van der Waals surface area contributed by atoms with Crippen LogP contribution in [0.5, 0.6) is 0 Å². The van der Waals surface area contributed by atoms with Crippen molar-refractivity contribution >= 4 is 27.4 Å². The summed E-state index contributed by atoms with van der Waals surface area (Å²) in [5.74, 6) is 0.571. The van der Waals surface area contributed by atoms with Crippen molar-refractivity contribution in [1.29, 1.82) is 0 Å². The van der Waals surface area contributed by atoms with Gasteiger partial charge in [-0.15, -0.1) is 0 Å². The van der Waals surface area contributed by atoms with Crippen molar-refractivity contribution in [3.63, 3.8) is 0 Å². The molecule has 0 unspecified atom stereocenters. The van der Waals surface area contributed by atoms with Crippen molar-refractivity contribution in [3.05, 3.63) is 46.8 Å². The molecule has 7 heteroatoms. The van der Waals surface area contributed by atoms with Crippen LogP contribution in [0.4, 0.5) is 10.2 Å². The number of hydrogen-bond donors (Lipinski definition) is 0. The Bertz CT molecular complexity index is 860. The molecule has 0 amide bonds. The Hall–Kier alpha value is -1.99. The minimum absolute atomic E-state index is 0.320. The van der Waals surface area contributed by atoms with E-state index in [1.54, 1.807) is 28.8 Å². The van der Waals surface area contributed by atoms with Gasteiger partial charge in [0.1, 0.15) is 11.6 Å². The van der Waals surface area contributed by atoms with E-state index >= 15 is 0 Å². The molecule has 1 aromatic carbocycles. The molecular weight excluding hydrogens is 363 g/mol. The molecule has 23 heavy (non-hydrogen) atoms. The third-order valence-corrected chi connectivity index (χ3v) is 4.32. The number of rotatable bonds is 2. The summed E-state index contributed by atoms with van der Waals surface area (Å²) in [6.07, 6.45) is 2.90. The molecule has 0 N–H and O–H groups in total. The lowest BCUT2D eigenvalue weighted by Crippen LogP contribution is -2.37. The van der Waals surface area contributed by atoms with Gasteiger partial charge in [0.25, 0.3) is 0 Å². The highest BCUT2D eigenvalue weighted by molar-refractivity contribution is 9.10. The van der Waals surface area contributed by atoms with Crippen molar-refractivity contribution < 1.29 is 9.13 Å². The average Bonchev–Trinajstić information content (AvgIpc) is 2.99. The topological polar surface area (TPSA) is 42.7 Å². The van der Waals surface area contributed by atoms with Gasteiger partial charge in [0.05, 0.1) is 25.1 Å². The fraction of sp³-hybridized carbons (Fsp3) is 0.250. The highest BCUT2D eigenvalue weighted by Crippen LogP contribution is 2.26. The molecule has 2 aromatic heterocycles. The molecule has 0 atom stereocenters. The largest absolute Gasteiger partial charge is 0.378 e. The van der Waals surface area contributed by atoms with Crippen LogP contribution in [0.3, 0.4) is 0 Å². The summed E-state index contributed by atoms with van der Waals surface area (Å²) in [5, 5.41) is 4.54. The van der Waals surface area contributed by atoms with Gasteiger partial charge in [0, 0.05) is 35.3 Å². The maximum atomic E-state index is 14.2. The van der Waals surface area contributed by atoms with E-state index in [0.717, 1.165) is 18.9 Å². The van der Waals surface area contributed by atoms with E-state index in [1.165, 1.54) is 6.07 Å². The third-order valence-electron chi connectivity index (χ3n) is 3.82. The molecule has 3 aromatic rings. The predicted molar refractivity (Wildman–Crippen MR) is 87.9 cm³/mol. The lowest BCUT2D eigenvalue weighted by Gasteiger charge is -2.28. The van der Waals surface area contributed by atoms with Crippen LogP contribution in [0.15, 0.2) is 34.8 Å². The van der Waals surface area contributed by atoms with Crippen LogP contribution in [-0.2, 0) is 4.74 Å². The van der Waals surface area contributed by atoms with E-state index in [0.29, 0.717) is 34.6 Å². The van der Waals surface area contributed by atoms with Gasteiger partial charge in [-0.25, -0.2) is 9.37 Å². The molecule has 1 fully saturated rings. The number of halogens is 2.